The summed E-state index contributed by atoms with van der Waals surface area (Å²) in [5, 5.41) is 2.64. The van der Waals surface area contributed by atoms with Gasteiger partial charge in [0.1, 0.15) is 16.7 Å². The average Bonchev–Trinajstić information content (AvgIpc) is 3.00. The predicted molar refractivity (Wildman–Crippen MR) is 119 cm³/mol. The van der Waals surface area contributed by atoms with Crippen LogP contribution in [0.15, 0.2) is 41.4 Å². The maximum atomic E-state index is 12.8. The van der Waals surface area contributed by atoms with Gasteiger partial charge in [0.15, 0.2) is 11.5 Å². The highest BCUT2D eigenvalue weighted by atomic mass is 32.2. The zero-order chi connectivity index (χ0) is 21.7. The summed E-state index contributed by atoms with van der Waals surface area (Å²) in [6, 6.07) is 8.60. The summed E-state index contributed by atoms with van der Waals surface area (Å²) in [6.45, 7) is -0.201. The molecule has 30 heavy (non-hydrogen) atoms. The first-order chi connectivity index (χ1) is 14.5. The Morgan fingerprint density at radius 3 is 2.47 bits per heavy atom. The molecule has 1 saturated heterocycles. The van der Waals surface area contributed by atoms with E-state index in [9.17, 15) is 9.59 Å². The molecule has 1 N–H and O–H groups in total. The minimum Gasteiger partial charge on any atom is -0.493 e. The van der Waals surface area contributed by atoms with E-state index in [-0.39, 0.29) is 18.4 Å². The molecule has 1 aliphatic heterocycles. The second kappa shape index (κ2) is 9.59. The summed E-state index contributed by atoms with van der Waals surface area (Å²) in [5.41, 5.74) is 0.669. The van der Waals surface area contributed by atoms with Gasteiger partial charge in [-0.15, -0.1) is 0 Å². The maximum Gasteiger partial charge on any atom is 0.266 e. The molecule has 0 unspecified atom stereocenters. The average molecular weight is 446 g/mol. The van der Waals surface area contributed by atoms with Crippen LogP contribution in [-0.2, 0) is 9.59 Å². The van der Waals surface area contributed by atoms with Crippen molar-refractivity contribution in [2.24, 2.45) is 0 Å². The van der Waals surface area contributed by atoms with Gasteiger partial charge in [-0.2, -0.15) is 0 Å². The fraction of sp³-hybridized carbons (Fsp3) is 0.200. The van der Waals surface area contributed by atoms with Crippen molar-refractivity contribution in [3.05, 3.63) is 47.0 Å². The molecular formula is C20H19N3O5S2. The van der Waals surface area contributed by atoms with Crippen LogP contribution in [0.25, 0.3) is 6.08 Å². The molecule has 0 atom stereocenters. The highest BCUT2D eigenvalue weighted by Crippen LogP contribution is 2.40. The summed E-state index contributed by atoms with van der Waals surface area (Å²) in [7, 11) is 4.54. The van der Waals surface area contributed by atoms with Crippen LogP contribution in [0.3, 0.4) is 0 Å². The Kier molecular flexibility index (Phi) is 6.91. The first-order valence-corrected chi connectivity index (χ1v) is 9.95. The van der Waals surface area contributed by atoms with E-state index in [0.717, 1.165) is 11.8 Å². The third-order valence-corrected chi connectivity index (χ3v) is 5.47. The molecule has 1 aromatic heterocycles. The standard InChI is InChI=1S/C20H19N3O5S2/c1-26-13-8-12(9-14(27-2)18(13)28-3)10-15-19(25)23(20(29)30-15)11-17(24)22-16-6-4-5-7-21-16/h4-10H,11H2,1-3H3,(H,21,22,24)/b15-10+. The number of rotatable bonds is 7. The van der Waals surface area contributed by atoms with Crippen molar-refractivity contribution in [3.63, 3.8) is 0 Å². The number of carbonyl (C=O) groups excluding carboxylic acids is 2. The first kappa shape index (κ1) is 21.6. The highest BCUT2D eigenvalue weighted by molar-refractivity contribution is 8.26. The molecule has 3 rings (SSSR count). The van der Waals surface area contributed by atoms with Crippen LogP contribution in [-0.4, -0.2) is 53.9 Å². The van der Waals surface area contributed by atoms with Gasteiger partial charge in [0.2, 0.25) is 11.7 Å². The molecule has 0 spiro atoms. The molecule has 10 heteroatoms. The van der Waals surface area contributed by atoms with E-state index in [4.69, 9.17) is 26.4 Å². The number of thiocarbonyl (C=S) groups is 1. The third kappa shape index (κ3) is 4.71. The zero-order valence-corrected chi connectivity index (χ0v) is 18.1. The number of aromatic nitrogens is 1. The summed E-state index contributed by atoms with van der Waals surface area (Å²) < 4.78 is 16.3. The fourth-order valence-corrected chi connectivity index (χ4v) is 3.99. The Balaban J connectivity index is 1.78. The van der Waals surface area contributed by atoms with E-state index in [2.05, 4.69) is 10.3 Å². The van der Waals surface area contributed by atoms with Crippen molar-refractivity contribution >= 4 is 52.0 Å². The van der Waals surface area contributed by atoms with Gasteiger partial charge in [0.05, 0.1) is 26.2 Å². The second-order valence-electron chi connectivity index (χ2n) is 5.99. The summed E-state index contributed by atoms with van der Waals surface area (Å²) in [5.74, 6) is 1.05. The number of amides is 2. The van der Waals surface area contributed by atoms with E-state index in [1.807, 2.05) is 0 Å². The van der Waals surface area contributed by atoms with Crippen LogP contribution in [0.4, 0.5) is 5.82 Å². The molecule has 0 saturated carbocycles. The Hall–Kier alpha value is -3.11. The lowest BCUT2D eigenvalue weighted by Crippen LogP contribution is -2.36. The van der Waals surface area contributed by atoms with Gasteiger partial charge < -0.3 is 19.5 Å². The lowest BCUT2D eigenvalue weighted by Gasteiger charge is -2.14. The topological polar surface area (TPSA) is 90.0 Å². The van der Waals surface area contributed by atoms with Crippen molar-refractivity contribution in [3.8, 4) is 17.2 Å². The predicted octanol–water partition coefficient (Wildman–Crippen LogP) is 2.95. The Morgan fingerprint density at radius 2 is 1.90 bits per heavy atom. The minimum atomic E-state index is -0.390. The van der Waals surface area contributed by atoms with Crippen molar-refractivity contribution in [2.45, 2.75) is 0 Å². The number of anilines is 1. The number of thioether (sulfide) groups is 1. The molecule has 2 amide bonds. The van der Waals surface area contributed by atoms with Crippen LogP contribution in [0.2, 0.25) is 0 Å². The quantitative estimate of drug-likeness (QED) is 0.514. The Morgan fingerprint density at radius 1 is 1.20 bits per heavy atom. The molecule has 2 heterocycles. The maximum absolute atomic E-state index is 12.8. The molecule has 156 valence electrons. The van der Waals surface area contributed by atoms with E-state index in [1.165, 1.54) is 26.2 Å². The van der Waals surface area contributed by atoms with Crippen molar-refractivity contribution in [1.29, 1.82) is 0 Å². The summed E-state index contributed by atoms with van der Waals surface area (Å²) >= 11 is 6.42. The molecule has 0 aliphatic carbocycles. The van der Waals surface area contributed by atoms with Gasteiger partial charge in [0, 0.05) is 6.20 Å². The van der Waals surface area contributed by atoms with Gasteiger partial charge in [0.25, 0.3) is 5.91 Å². The van der Waals surface area contributed by atoms with Gasteiger partial charge in [-0.1, -0.05) is 30.0 Å². The number of nitrogens with zero attached hydrogens (tertiary/aromatic N) is 2. The monoisotopic (exact) mass is 445 g/mol. The van der Waals surface area contributed by atoms with E-state index >= 15 is 0 Å². The third-order valence-electron chi connectivity index (χ3n) is 4.09. The van der Waals surface area contributed by atoms with Crippen LogP contribution < -0.4 is 19.5 Å². The minimum absolute atomic E-state index is 0.201. The van der Waals surface area contributed by atoms with E-state index in [0.29, 0.717) is 37.9 Å². The van der Waals surface area contributed by atoms with Crippen molar-refractivity contribution in [1.82, 2.24) is 9.88 Å². The number of hydrogen-bond donors (Lipinski definition) is 1. The number of nitrogens with one attached hydrogen (secondary N) is 1. The number of methoxy groups -OCH3 is 3. The molecule has 0 bridgehead atoms. The number of ether oxygens (including phenoxy) is 3. The number of benzene rings is 1. The first-order valence-electron chi connectivity index (χ1n) is 8.73. The van der Waals surface area contributed by atoms with Crippen molar-refractivity contribution < 1.29 is 23.8 Å². The molecule has 1 aromatic carbocycles. The Labute approximate surface area is 183 Å². The number of pyridine rings is 1. The largest absolute Gasteiger partial charge is 0.493 e. The normalized spacial score (nSPS) is 14.8. The number of hydrogen-bond acceptors (Lipinski definition) is 8. The van der Waals surface area contributed by atoms with Crippen LogP contribution in [0.1, 0.15) is 5.56 Å². The lowest BCUT2D eigenvalue weighted by atomic mass is 10.1. The summed E-state index contributed by atoms with van der Waals surface area (Å²) in [4.78, 5) is 30.8. The number of carbonyl (C=O) groups is 2. The molecule has 1 aliphatic rings. The molecular weight excluding hydrogens is 426 g/mol. The van der Waals surface area contributed by atoms with E-state index in [1.54, 1.807) is 42.6 Å². The van der Waals surface area contributed by atoms with Gasteiger partial charge in [-0.3, -0.25) is 14.5 Å². The molecule has 2 aromatic rings. The fourth-order valence-electron chi connectivity index (χ4n) is 2.74. The van der Waals surface area contributed by atoms with Crippen LogP contribution >= 0.6 is 24.0 Å². The van der Waals surface area contributed by atoms with Crippen molar-refractivity contribution in [2.75, 3.05) is 33.2 Å². The second-order valence-corrected chi connectivity index (χ2v) is 7.67. The Bertz CT molecular complexity index is 986. The summed E-state index contributed by atoms with van der Waals surface area (Å²) in [6.07, 6.45) is 3.23. The smallest absolute Gasteiger partial charge is 0.266 e. The van der Waals surface area contributed by atoms with Gasteiger partial charge >= 0.3 is 0 Å². The molecule has 0 radical (unpaired) electrons. The molecule has 8 nitrogen and oxygen atoms in total. The van der Waals surface area contributed by atoms with Gasteiger partial charge in [-0.25, -0.2) is 4.98 Å². The highest BCUT2D eigenvalue weighted by Gasteiger charge is 2.33. The van der Waals surface area contributed by atoms with E-state index < -0.39 is 0 Å². The van der Waals surface area contributed by atoms with Gasteiger partial charge in [-0.05, 0) is 35.9 Å². The van der Waals surface area contributed by atoms with Crippen LogP contribution in [0.5, 0.6) is 17.2 Å². The molecule has 1 fully saturated rings. The SMILES string of the molecule is COc1cc(/C=C2/SC(=S)N(CC(=O)Nc3ccccn3)C2=O)cc(OC)c1OC. The zero-order valence-electron chi connectivity index (χ0n) is 16.5. The van der Waals surface area contributed by atoms with Crippen LogP contribution in [0, 0.1) is 0 Å². The lowest BCUT2D eigenvalue weighted by molar-refractivity contribution is -0.126.